The quantitative estimate of drug-likeness (QED) is 0.463. The molecule has 31 heavy (non-hydrogen) atoms. The molecular weight excluding hydrogens is 395 g/mol. The summed E-state index contributed by atoms with van der Waals surface area (Å²) in [6.45, 7) is 8.69. The van der Waals surface area contributed by atoms with E-state index in [4.69, 9.17) is 9.84 Å². The topological polar surface area (TPSA) is 69.0 Å². The van der Waals surface area contributed by atoms with E-state index in [1.165, 1.54) is 6.07 Å². The van der Waals surface area contributed by atoms with Crippen molar-refractivity contribution in [3.05, 3.63) is 65.0 Å². The van der Waals surface area contributed by atoms with Crippen LogP contribution in [0.15, 0.2) is 36.5 Å². The van der Waals surface area contributed by atoms with Crippen LogP contribution in [0.5, 0.6) is 5.75 Å². The summed E-state index contributed by atoms with van der Waals surface area (Å²) in [5, 5.41) is 14.3. The Kier molecular flexibility index (Phi) is 5.54. The molecule has 160 valence electrons. The van der Waals surface area contributed by atoms with Crippen LogP contribution in [0.2, 0.25) is 0 Å². The first-order valence-electron chi connectivity index (χ1n) is 10.2. The highest BCUT2D eigenvalue weighted by atomic mass is 19.1. The van der Waals surface area contributed by atoms with Gasteiger partial charge in [0.15, 0.2) is 11.6 Å². The van der Waals surface area contributed by atoms with Gasteiger partial charge in [-0.3, -0.25) is 4.98 Å². The number of hydrogen-bond donors (Lipinski definition) is 0. The van der Waals surface area contributed by atoms with Crippen LogP contribution in [-0.4, -0.2) is 38.6 Å². The number of hydrogen-bond acceptors (Lipinski definition) is 6. The van der Waals surface area contributed by atoms with Gasteiger partial charge in [-0.05, 0) is 51.5 Å². The highest BCUT2D eigenvalue weighted by molar-refractivity contribution is 5.92. The lowest BCUT2D eigenvalue weighted by molar-refractivity contribution is 0.338. The van der Waals surface area contributed by atoms with Gasteiger partial charge in [0.2, 0.25) is 0 Å². The minimum Gasteiger partial charge on any atom is -0.494 e. The molecule has 0 aliphatic heterocycles. The smallest absolute Gasteiger partial charge is 0.179 e. The molecule has 4 rings (SSSR count). The van der Waals surface area contributed by atoms with Gasteiger partial charge in [-0.15, -0.1) is 5.10 Å². The number of halogens is 1. The lowest BCUT2D eigenvalue weighted by Crippen LogP contribution is -2.19. The first-order valence-corrected chi connectivity index (χ1v) is 10.2. The molecule has 0 amide bonds. The monoisotopic (exact) mass is 420 g/mol. The van der Waals surface area contributed by atoms with Crippen molar-refractivity contribution in [2.45, 2.75) is 34.2 Å². The zero-order chi connectivity index (χ0) is 22.1. The Hall–Kier alpha value is -3.55. The minimum atomic E-state index is -0.404. The molecule has 0 atom stereocenters. The molecule has 0 fully saturated rings. The fourth-order valence-corrected chi connectivity index (χ4v) is 3.63. The van der Waals surface area contributed by atoms with Crippen molar-refractivity contribution in [1.82, 2.24) is 25.0 Å². The van der Waals surface area contributed by atoms with Crippen LogP contribution in [0.3, 0.4) is 0 Å². The molecule has 7 nitrogen and oxygen atoms in total. The van der Waals surface area contributed by atoms with Gasteiger partial charge in [0.05, 0.1) is 35.6 Å². The Morgan fingerprint density at radius 1 is 1.10 bits per heavy atom. The summed E-state index contributed by atoms with van der Waals surface area (Å²) in [7, 11) is 1.92. The molecule has 4 aromatic rings. The summed E-state index contributed by atoms with van der Waals surface area (Å²) in [5.74, 6) is 0.707. The van der Waals surface area contributed by atoms with E-state index in [-0.39, 0.29) is 0 Å². The van der Waals surface area contributed by atoms with Gasteiger partial charge in [-0.1, -0.05) is 6.07 Å². The van der Waals surface area contributed by atoms with Gasteiger partial charge in [0.1, 0.15) is 17.0 Å². The molecular formula is C23H25FN6O. The first-order chi connectivity index (χ1) is 14.9. The number of benzene rings is 1. The second-order valence-corrected chi connectivity index (χ2v) is 7.56. The summed E-state index contributed by atoms with van der Waals surface area (Å²) in [4.78, 5) is 6.43. The van der Waals surface area contributed by atoms with Gasteiger partial charge < -0.3 is 9.64 Å². The van der Waals surface area contributed by atoms with Crippen LogP contribution in [0.4, 0.5) is 10.2 Å². The lowest BCUT2D eigenvalue weighted by Gasteiger charge is -2.17. The van der Waals surface area contributed by atoms with Crippen molar-refractivity contribution in [1.29, 1.82) is 0 Å². The molecule has 0 saturated carbocycles. The highest BCUT2D eigenvalue weighted by Gasteiger charge is 2.21. The van der Waals surface area contributed by atoms with Crippen molar-refractivity contribution in [3.63, 3.8) is 0 Å². The van der Waals surface area contributed by atoms with E-state index in [0.29, 0.717) is 35.9 Å². The molecule has 0 N–H and O–H groups in total. The van der Waals surface area contributed by atoms with E-state index in [0.717, 1.165) is 28.0 Å². The number of anilines is 1. The van der Waals surface area contributed by atoms with Crippen molar-refractivity contribution in [3.8, 4) is 11.4 Å². The molecule has 3 aromatic heterocycles. The van der Waals surface area contributed by atoms with E-state index in [1.54, 1.807) is 16.8 Å². The second kappa shape index (κ2) is 8.29. The Balaban J connectivity index is 1.78. The van der Waals surface area contributed by atoms with Crippen molar-refractivity contribution < 1.29 is 9.13 Å². The maximum atomic E-state index is 14.9. The number of fused-ring (bicyclic) bond motifs is 1. The van der Waals surface area contributed by atoms with E-state index in [1.807, 2.05) is 58.0 Å². The Labute approximate surface area is 180 Å². The van der Waals surface area contributed by atoms with Crippen molar-refractivity contribution >= 4 is 16.7 Å². The molecule has 0 aliphatic carbocycles. The van der Waals surface area contributed by atoms with Crippen LogP contribution < -0.4 is 9.64 Å². The number of rotatable bonds is 6. The predicted octanol–water partition coefficient (Wildman–Crippen LogP) is 4.31. The standard InChI is InChI=1S/C23H25FN6O/c1-6-31-18-9-10-20(19(24)11-18)30-16(4)21-15(3)26-27-23(22(21)28-30)29(5)13-17-8-7-14(2)12-25-17/h7-12H,6,13H2,1-5H3. The molecule has 8 heteroatoms. The third kappa shape index (κ3) is 3.93. The van der Waals surface area contributed by atoms with E-state index in [2.05, 4.69) is 15.2 Å². The number of pyridine rings is 1. The van der Waals surface area contributed by atoms with Crippen LogP contribution in [0, 0.1) is 26.6 Å². The highest BCUT2D eigenvalue weighted by Crippen LogP contribution is 2.30. The Bertz CT molecular complexity index is 1240. The molecule has 0 spiro atoms. The summed E-state index contributed by atoms with van der Waals surface area (Å²) in [6.07, 6.45) is 1.84. The predicted molar refractivity (Wildman–Crippen MR) is 118 cm³/mol. The van der Waals surface area contributed by atoms with E-state index < -0.39 is 5.82 Å². The lowest BCUT2D eigenvalue weighted by atomic mass is 10.2. The van der Waals surface area contributed by atoms with Crippen LogP contribution in [0.1, 0.15) is 29.6 Å². The molecule has 1 aromatic carbocycles. The van der Waals surface area contributed by atoms with E-state index >= 15 is 0 Å². The third-order valence-corrected chi connectivity index (χ3v) is 5.18. The van der Waals surface area contributed by atoms with Gasteiger partial charge in [0.25, 0.3) is 0 Å². The van der Waals surface area contributed by atoms with Gasteiger partial charge in [0, 0.05) is 19.3 Å². The van der Waals surface area contributed by atoms with Gasteiger partial charge in [-0.25, -0.2) is 9.07 Å². The van der Waals surface area contributed by atoms with Crippen LogP contribution >= 0.6 is 0 Å². The fraction of sp³-hybridized carbons (Fsp3) is 0.304. The summed E-state index contributed by atoms with van der Waals surface area (Å²) in [5.41, 5.74) is 4.59. The minimum absolute atomic E-state index is 0.352. The SMILES string of the molecule is CCOc1ccc(-n2nc3c(N(C)Cc4ccc(C)cn4)nnc(C)c3c2C)c(F)c1. The Morgan fingerprint density at radius 2 is 1.90 bits per heavy atom. The average molecular weight is 420 g/mol. The number of aromatic nitrogens is 5. The maximum absolute atomic E-state index is 14.9. The normalized spacial score (nSPS) is 11.2. The maximum Gasteiger partial charge on any atom is 0.179 e. The van der Waals surface area contributed by atoms with Crippen LogP contribution in [-0.2, 0) is 6.54 Å². The molecule has 0 saturated heterocycles. The van der Waals surface area contributed by atoms with Crippen molar-refractivity contribution in [2.75, 3.05) is 18.6 Å². The first kappa shape index (κ1) is 20.7. The fourth-order valence-electron chi connectivity index (χ4n) is 3.63. The van der Waals surface area contributed by atoms with Gasteiger partial charge in [-0.2, -0.15) is 10.2 Å². The summed E-state index contributed by atoms with van der Waals surface area (Å²) < 4.78 is 21.9. The molecule has 0 bridgehead atoms. The largest absolute Gasteiger partial charge is 0.494 e. The molecule has 0 aliphatic rings. The second-order valence-electron chi connectivity index (χ2n) is 7.56. The molecule has 0 radical (unpaired) electrons. The van der Waals surface area contributed by atoms with Crippen LogP contribution in [0.25, 0.3) is 16.6 Å². The van der Waals surface area contributed by atoms with Crippen molar-refractivity contribution in [2.24, 2.45) is 0 Å². The van der Waals surface area contributed by atoms with E-state index in [9.17, 15) is 4.39 Å². The third-order valence-electron chi connectivity index (χ3n) is 5.18. The number of nitrogens with zero attached hydrogens (tertiary/aromatic N) is 6. The Morgan fingerprint density at radius 3 is 2.58 bits per heavy atom. The average Bonchev–Trinajstić information content (AvgIpc) is 3.08. The number of ether oxygens (including phenoxy) is 1. The molecule has 3 heterocycles. The number of aryl methyl sites for hydroxylation is 3. The zero-order valence-corrected chi connectivity index (χ0v) is 18.3. The summed E-state index contributed by atoms with van der Waals surface area (Å²) >= 11 is 0. The summed E-state index contributed by atoms with van der Waals surface area (Å²) in [6, 6.07) is 8.82. The van der Waals surface area contributed by atoms with Gasteiger partial charge >= 0.3 is 0 Å². The zero-order valence-electron chi connectivity index (χ0n) is 18.3. The molecule has 0 unspecified atom stereocenters.